The molecule has 0 N–H and O–H groups in total. The van der Waals surface area contributed by atoms with Crippen LogP contribution >= 0.6 is 0 Å². The summed E-state index contributed by atoms with van der Waals surface area (Å²) in [7, 11) is 1.82. The van der Waals surface area contributed by atoms with Crippen LogP contribution in [0.15, 0.2) is 41.5 Å². The zero-order valence-electron chi connectivity index (χ0n) is 12.3. The van der Waals surface area contributed by atoms with Crippen LogP contribution in [-0.2, 0) is 10.2 Å². The van der Waals surface area contributed by atoms with E-state index in [0.29, 0.717) is 0 Å². The molecule has 0 unspecified atom stereocenters. The summed E-state index contributed by atoms with van der Waals surface area (Å²) in [6.07, 6.45) is 4.09. The molecule has 1 fully saturated rings. The lowest BCUT2D eigenvalue weighted by Crippen LogP contribution is -2.30. The third-order valence-corrected chi connectivity index (χ3v) is 5.64. The highest BCUT2D eigenvalue weighted by atomic mass is 16.5. The summed E-state index contributed by atoms with van der Waals surface area (Å²) >= 11 is 0. The molecule has 1 aromatic rings. The summed E-state index contributed by atoms with van der Waals surface area (Å²) in [6, 6.07) is 11.1. The molecule has 0 spiro atoms. The Kier molecular flexibility index (Phi) is 3.26. The van der Waals surface area contributed by atoms with Gasteiger partial charge in [-0.1, -0.05) is 49.2 Å². The maximum absolute atomic E-state index is 5.48. The molecule has 0 amide bonds. The summed E-state index contributed by atoms with van der Waals surface area (Å²) < 4.78 is 5.48. The highest BCUT2D eigenvalue weighted by molar-refractivity contribution is 5.45. The second-order valence-electron chi connectivity index (χ2n) is 6.30. The van der Waals surface area contributed by atoms with Crippen LogP contribution in [-0.4, -0.2) is 13.7 Å². The Bertz CT molecular complexity index is 488. The van der Waals surface area contributed by atoms with Gasteiger partial charge in [0.25, 0.3) is 0 Å². The Morgan fingerprint density at radius 3 is 2.63 bits per heavy atom. The summed E-state index contributed by atoms with van der Waals surface area (Å²) in [5.74, 6) is 1.53. The Labute approximate surface area is 116 Å². The molecule has 0 aromatic heterocycles. The standard InChI is InChI=1S/C18H24O/c1-13-16(12-19-3)15-10-7-11-17(15)18(13,2)14-8-5-4-6-9-14/h4-6,8-9,15,17H,7,10-12H2,1-3H3/t15-,17-,18-/m0/s1. The molecular formula is C18H24O. The summed E-state index contributed by atoms with van der Waals surface area (Å²) in [4.78, 5) is 0. The van der Waals surface area contributed by atoms with Crippen molar-refractivity contribution in [3.05, 3.63) is 47.0 Å². The molecule has 3 atom stereocenters. The highest BCUT2D eigenvalue weighted by Gasteiger charge is 2.51. The van der Waals surface area contributed by atoms with Gasteiger partial charge in [-0.2, -0.15) is 0 Å². The number of benzene rings is 1. The van der Waals surface area contributed by atoms with Crippen LogP contribution in [0.3, 0.4) is 0 Å². The lowest BCUT2D eigenvalue weighted by atomic mass is 9.69. The minimum Gasteiger partial charge on any atom is -0.380 e. The minimum atomic E-state index is 0.219. The molecule has 19 heavy (non-hydrogen) atoms. The maximum atomic E-state index is 5.48. The Balaban J connectivity index is 2.09. The lowest BCUT2D eigenvalue weighted by molar-refractivity contribution is 0.213. The number of methoxy groups -OCH3 is 1. The number of ether oxygens (including phenoxy) is 1. The van der Waals surface area contributed by atoms with E-state index in [1.807, 2.05) is 7.11 Å². The third-order valence-electron chi connectivity index (χ3n) is 5.64. The van der Waals surface area contributed by atoms with E-state index in [1.54, 1.807) is 11.1 Å². The molecule has 0 saturated heterocycles. The van der Waals surface area contributed by atoms with E-state index in [9.17, 15) is 0 Å². The van der Waals surface area contributed by atoms with Crippen molar-refractivity contribution < 1.29 is 4.74 Å². The van der Waals surface area contributed by atoms with Crippen molar-refractivity contribution >= 4 is 0 Å². The fraction of sp³-hybridized carbons (Fsp3) is 0.556. The minimum absolute atomic E-state index is 0.219. The molecule has 102 valence electrons. The van der Waals surface area contributed by atoms with E-state index < -0.39 is 0 Å². The molecule has 3 rings (SSSR count). The number of allylic oxidation sites excluding steroid dienone is 1. The topological polar surface area (TPSA) is 9.23 Å². The Morgan fingerprint density at radius 1 is 1.21 bits per heavy atom. The van der Waals surface area contributed by atoms with Crippen molar-refractivity contribution in [2.75, 3.05) is 13.7 Å². The van der Waals surface area contributed by atoms with Crippen LogP contribution < -0.4 is 0 Å². The molecule has 0 radical (unpaired) electrons. The molecule has 1 heteroatoms. The predicted molar refractivity (Wildman–Crippen MR) is 79.2 cm³/mol. The normalized spacial score (nSPS) is 33.8. The Morgan fingerprint density at radius 2 is 1.95 bits per heavy atom. The molecule has 2 aliphatic carbocycles. The first-order valence-corrected chi connectivity index (χ1v) is 7.44. The maximum Gasteiger partial charge on any atom is 0.0678 e. The first kappa shape index (κ1) is 12.9. The molecule has 2 aliphatic rings. The van der Waals surface area contributed by atoms with Crippen molar-refractivity contribution in [1.82, 2.24) is 0 Å². The second kappa shape index (κ2) is 4.79. The average Bonchev–Trinajstić information content (AvgIpc) is 2.99. The van der Waals surface area contributed by atoms with E-state index in [0.717, 1.165) is 18.4 Å². The smallest absolute Gasteiger partial charge is 0.0678 e. The van der Waals surface area contributed by atoms with Gasteiger partial charge in [0, 0.05) is 12.5 Å². The van der Waals surface area contributed by atoms with Crippen LogP contribution in [0.1, 0.15) is 38.7 Å². The van der Waals surface area contributed by atoms with Gasteiger partial charge in [-0.25, -0.2) is 0 Å². The van der Waals surface area contributed by atoms with Crippen molar-refractivity contribution in [2.45, 2.75) is 38.5 Å². The second-order valence-corrected chi connectivity index (χ2v) is 6.30. The summed E-state index contributed by atoms with van der Waals surface area (Å²) in [5.41, 5.74) is 4.85. The van der Waals surface area contributed by atoms with Crippen LogP contribution in [0.25, 0.3) is 0 Å². The summed E-state index contributed by atoms with van der Waals surface area (Å²) in [5, 5.41) is 0. The molecule has 1 aromatic carbocycles. The highest BCUT2D eigenvalue weighted by Crippen LogP contribution is 2.58. The van der Waals surface area contributed by atoms with E-state index in [-0.39, 0.29) is 5.41 Å². The molecular weight excluding hydrogens is 232 g/mol. The van der Waals surface area contributed by atoms with Gasteiger partial charge in [0.05, 0.1) is 6.61 Å². The van der Waals surface area contributed by atoms with Gasteiger partial charge in [0.1, 0.15) is 0 Å². The number of fused-ring (bicyclic) bond motifs is 1. The van der Waals surface area contributed by atoms with Crippen LogP contribution in [0.2, 0.25) is 0 Å². The van der Waals surface area contributed by atoms with Gasteiger partial charge < -0.3 is 4.74 Å². The van der Waals surface area contributed by atoms with E-state index in [2.05, 4.69) is 44.2 Å². The van der Waals surface area contributed by atoms with E-state index in [1.165, 1.54) is 24.8 Å². The van der Waals surface area contributed by atoms with Crippen molar-refractivity contribution in [2.24, 2.45) is 11.8 Å². The monoisotopic (exact) mass is 256 g/mol. The largest absolute Gasteiger partial charge is 0.380 e. The van der Waals surface area contributed by atoms with E-state index in [4.69, 9.17) is 4.74 Å². The Hall–Kier alpha value is -1.08. The van der Waals surface area contributed by atoms with Crippen LogP contribution in [0, 0.1) is 11.8 Å². The predicted octanol–water partition coefficient (Wildman–Crippen LogP) is 4.34. The lowest BCUT2D eigenvalue weighted by Gasteiger charge is -2.34. The SMILES string of the molecule is COCC1=C(C)[C@@](C)(c2ccccc2)[C@H]2CCC[C@@H]12. The van der Waals surface area contributed by atoms with Gasteiger partial charge in [-0.15, -0.1) is 0 Å². The zero-order valence-corrected chi connectivity index (χ0v) is 12.3. The van der Waals surface area contributed by atoms with Gasteiger partial charge in [-0.05, 0) is 42.7 Å². The zero-order chi connectivity index (χ0) is 13.5. The number of rotatable bonds is 3. The quantitative estimate of drug-likeness (QED) is 0.731. The summed E-state index contributed by atoms with van der Waals surface area (Å²) in [6.45, 7) is 5.60. The van der Waals surface area contributed by atoms with Crippen LogP contribution in [0.5, 0.6) is 0 Å². The molecule has 0 aliphatic heterocycles. The van der Waals surface area contributed by atoms with Gasteiger partial charge in [0.2, 0.25) is 0 Å². The van der Waals surface area contributed by atoms with Crippen LogP contribution in [0.4, 0.5) is 0 Å². The first-order valence-electron chi connectivity index (χ1n) is 7.44. The van der Waals surface area contributed by atoms with Crippen molar-refractivity contribution in [3.63, 3.8) is 0 Å². The molecule has 1 nitrogen and oxygen atoms in total. The number of hydrogen-bond acceptors (Lipinski definition) is 1. The molecule has 0 heterocycles. The van der Waals surface area contributed by atoms with Gasteiger partial charge in [0.15, 0.2) is 0 Å². The first-order chi connectivity index (χ1) is 9.19. The van der Waals surface area contributed by atoms with Crippen molar-refractivity contribution in [1.29, 1.82) is 0 Å². The average molecular weight is 256 g/mol. The van der Waals surface area contributed by atoms with E-state index >= 15 is 0 Å². The van der Waals surface area contributed by atoms with Gasteiger partial charge >= 0.3 is 0 Å². The molecule has 0 bridgehead atoms. The van der Waals surface area contributed by atoms with Gasteiger partial charge in [-0.3, -0.25) is 0 Å². The number of hydrogen-bond donors (Lipinski definition) is 0. The van der Waals surface area contributed by atoms with Crippen molar-refractivity contribution in [3.8, 4) is 0 Å². The third kappa shape index (κ3) is 1.79. The fourth-order valence-electron chi connectivity index (χ4n) is 4.54. The molecule has 1 saturated carbocycles. The fourth-order valence-corrected chi connectivity index (χ4v) is 4.54.